The predicted octanol–water partition coefficient (Wildman–Crippen LogP) is 4.37. The Hall–Kier alpha value is -4.08. The topological polar surface area (TPSA) is 104 Å². The van der Waals surface area contributed by atoms with Crippen LogP contribution in [0, 0.1) is 11.7 Å². The van der Waals surface area contributed by atoms with E-state index >= 15 is 0 Å². The normalized spacial score (nSPS) is 13.1. The van der Waals surface area contributed by atoms with Crippen molar-refractivity contribution in [3.05, 3.63) is 54.2 Å². The second-order valence-corrected chi connectivity index (χ2v) is 7.99. The van der Waals surface area contributed by atoms with Crippen LogP contribution < -0.4 is 10.1 Å². The molecule has 1 N–H and O–H groups in total. The first-order chi connectivity index (χ1) is 16.6. The zero-order valence-electron chi connectivity index (χ0n) is 18.8. The van der Waals surface area contributed by atoms with E-state index in [0.29, 0.717) is 52.1 Å². The number of nitrogens with one attached hydrogen (secondary N) is 1. The van der Waals surface area contributed by atoms with Gasteiger partial charge in [0.2, 0.25) is 0 Å². The highest BCUT2D eigenvalue weighted by Gasteiger charge is 2.26. The van der Waals surface area contributed by atoms with Gasteiger partial charge in [-0.25, -0.2) is 19.2 Å². The second kappa shape index (κ2) is 9.05. The second-order valence-electron chi connectivity index (χ2n) is 7.99. The number of pyridine rings is 1. The molecule has 5 rings (SSSR count). The summed E-state index contributed by atoms with van der Waals surface area (Å²) in [4.78, 5) is 25.4. The van der Waals surface area contributed by atoms with E-state index in [1.165, 1.54) is 25.6 Å². The van der Waals surface area contributed by atoms with Gasteiger partial charge in [0.1, 0.15) is 22.6 Å². The number of aromatic nitrogens is 5. The standard InChI is InChI=1S/C24H23FN6O3/c1-3-34-24(32)16-11-26-10-9-18(16)28-22-19(33-2)12-27-23(29-22)20-15-5-4-6-17(25)21(15)31(30-20)13-14-7-8-14/h4-6,9-12,14H,3,7-8,13H2,1-2H3,(H,26,27,28,29). The molecule has 1 saturated carbocycles. The number of hydrogen-bond donors (Lipinski definition) is 1. The summed E-state index contributed by atoms with van der Waals surface area (Å²) in [7, 11) is 1.50. The van der Waals surface area contributed by atoms with Crippen molar-refractivity contribution in [3.8, 4) is 17.3 Å². The number of carbonyl (C=O) groups is 1. The number of ether oxygens (including phenoxy) is 2. The first kappa shape index (κ1) is 21.7. The SMILES string of the molecule is CCOC(=O)c1cnccc1Nc1nc(-c2nn(CC3CC3)c3c(F)cccc23)ncc1OC. The van der Waals surface area contributed by atoms with Crippen LogP contribution in [-0.2, 0) is 11.3 Å². The fourth-order valence-corrected chi connectivity index (χ4v) is 3.76. The lowest BCUT2D eigenvalue weighted by molar-refractivity contribution is 0.0527. The van der Waals surface area contributed by atoms with Gasteiger partial charge in [-0.3, -0.25) is 9.67 Å². The summed E-state index contributed by atoms with van der Waals surface area (Å²) < 4.78 is 27.0. The Kier molecular flexibility index (Phi) is 5.79. The third kappa shape index (κ3) is 4.14. The van der Waals surface area contributed by atoms with E-state index in [0.717, 1.165) is 12.8 Å². The van der Waals surface area contributed by atoms with Gasteiger partial charge < -0.3 is 14.8 Å². The van der Waals surface area contributed by atoms with Gasteiger partial charge in [0.15, 0.2) is 17.4 Å². The van der Waals surface area contributed by atoms with E-state index in [2.05, 4.69) is 25.4 Å². The molecule has 0 aliphatic heterocycles. The first-order valence-electron chi connectivity index (χ1n) is 11.0. The molecular weight excluding hydrogens is 439 g/mol. The number of rotatable bonds is 8. The molecule has 174 valence electrons. The van der Waals surface area contributed by atoms with E-state index in [1.54, 1.807) is 29.9 Å². The number of methoxy groups -OCH3 is 1. The third-order valence-corrected chi connectivity index (χ3v) is 5.61. The van der Waals surface area contributed by atoms with Gasteiger partial charge in [-0.1, -0.05) is 12.1 Å². The maximum Gasteiger partial charge on any atom is 0.341 e. The molecule has 1 aliphatic carbocycles. The van der Waals surface area contributed by atoms with Crippen molar-refractivity contribution in [1.29, 1.82) is 0 Å². The number of benzene rings is 1. The molecule has 10 heteroatoms. The summed E-state index contributed by atoms with van der Waals surface area (Å²) in [6.07, 6.45) is 6.72. The van der Waals surface area contributed by atoms with Crippen LogP contribution in [0.4, 0.5) is 15.9 Å². The van der Waals surface area contributed by atoms with Crippen LogP contribution in [-0.4, -0.2) is 44.4 Å². The maximum absolute atomic E-state index is 14.7. The van der Waals surface area contributed by atoms with Crippen LogP contribution in [0.1, 0.15) is 30.1 Å². The predicted molar refractivity (Wildman–Crippen MR) is 123 cm³/mol. The summed E-state index contributed by atoms with van der Waals surface area (Å²) in [5.41, 5.74) is 1.62. The Labute approximate surface area is 195 Å². The molecular formula is C24H23FN6O3. The van der Waals surface area contributed by atoms with Crippen LogP contribution >= 0.6 is 0 Å². The number of carbonyl (C=O) groups excluding carboxylic acids is 1. The summed E-state index contributed by atoms with van der Waals surface area (Å²) in [5.74, 6) is 0.665. The van der Waals surface area contributed by atoms with Crippen molar-refractivity contribution in [3.63, 3.8) is 0 Å². The minimum atomic E-state index is -0.508. The fourth-order valence-electron chi connectivity index (χ4n) is 3.76. The maximum atomic E-state index is 14.7. The number of esters is 1. The number of nitrogens with zero attached hydrogens (tertiary/aromatic N) is 5. The van der Waals surface area contributed by atoms with Crippen LogP contribution in [0.2, 0.25) is 0 Å². The largest absolute Gasteiger partial charge is 0.491 e. The highest BCUT2D eigenvalue weighted by molar-refractivity contribution is 5.96. The molecule has 0 saturated heterocycles. The summed E-state index contributed by atoms with van der Waals surface area (Å²) in [6, 6.07) is 6.53. The molecule has 1 aliphatic rings. The molecule has 34 heavy (non-hydrogen) atoms. The number of para-hydroxylation sites is 1. The van der Waals surface area contributed by atoms with Crippen molar-refractivity contribution in [1.82, 2.24) is 24.7 Å². The van der Waals surface area contributed by atoms with Gasteiger partial charge in [-0.15, -0.1) is 0 Å². The minimum absolute atomic E-state index is 0.237. The first-order valence-corrected chi connectivity index (χ1v) is 11.0. The lowest BCUT2D eigenvalue weighted by atomic mass is 10.2. The molecule has 1 aromatic carbocycles. The van der Waals surface area contributed by atoms with Crippen molar-refractivity contribution < 1.29 is 18.7 Å². The third-order valence-electron chi connectivity index (χ3n) is 5.61. The van der Waals surface area contributed by atoms with E-state index < -0.39 is 5.97 Å². The fraction of sp³-hybridized carbons (Fsp3) is 0.292. The lowest BCUT2D eigenvalue weighted by Crippen LogP contribution is -2.09. The van der Waals surface area contributed by atoms with Crippen molar-refractivity contribution in [2.24, 2.45) is 5.92 Å². The molecule has 4 aromatic rings. The summed E-state index contributed by atoms with van der Waals surface area (Å²) >= 11 is 0. The molecule has 0 unspecified atom stereocenters. The number of hydrogen-bond acceptors (Lipinski definition) is 8. The Morgan fingerprint density at radius 2 is 2.12 bits per heavy atom. The molecule has 3 aromatic heterocycles. The lowest BCUT2D eigenvalue weighted by Gasteiger charge is -2.13. The molecule has 0 atom stereocenters. The average Bonchev–Trinajstić information content (AvgIpc) is 3.58. The van der Waals surface area contributed by atoms with Crippen LogP contribution in [0.5, 0.6) is 5.75 Å². The van der Waals surface area contributed by atoms with E-state index in [-0.39, 0.29) is 18.0 Å². The molecule has 9 nitrogen and oxygen atoms in total. The van der Waals surface area contributed by atoms with Gasteiger partial charge in [-0.05, 0) is 37.8 Å². The molecule has 0 amide bonds. The van der Waals surface area contributed by atoms with Crippen molar-refractivity contribution in [2.45, 2.75) is 26.3 Å². The van der Waals surface area contributed by atoms with E-state index in [1.807, 2.05) is 6.07 Å². The van der Waals surface area contributed by atoms with Crippen LogP contribution in [0.3, 0.4) is 0 Å². The summed E-state index contributed by atoms with van der Waals surface area (Å²) in [5, 5.41) is 8.43. The van der Waals surface area contributed by atoms with E-state index in [4.69, 9.17) is 9.47 Å². The molecule has 0 spiro atoms. The van der Waals surface area contributed by atoms with E-state index in [9.17, 15) is 9.18 Å². The Morgan fingerprint density at radius 3 is 2.88 bits per heavy atom. The highest BCUT2D eigenvalue weighted by Crippen LogP contribution is 2.35. The van der Waals surface area contributed by atoms with Gasteiger partial charge >= 0.3 is 5.97 Å². The quantitative estimate of drug-likeness (QED) is 0.385. The molecule has 3 heterocycles. The molecule has 0 radical (unpaired) electrons. The Bertz CT molecular complexity index is 1370. The smallest absolute Gasteiger partial charge is 0.341 e. The minimum Gasteiger partial charge on any atom is -0.491 e. The van der Waals surface area contributed by atoms with Gasteiger partial charge in [0.25, 0.3) is 0 Å². The van der Waals surface area contributed by atoms with Gasteiger partial charge in [0.05, 0.1) is 25.6 Å². The Morgan fingerprint density at radius 1 is 1.26 bits per heavy atom. The highest BCUT2D eigenvalue weighted by atomic mass is 19.1. The van der Waals surface area contributed by atoms with Gasteiger partial charge in [-0.2, -0.15) is 5.10 Å². The average molecular weight is 462 g/mol. The van der Waals surface area contributed by atoms with Crippen molar-refractivity contribution >= 4 is 28.4 Å². The number of anilines is 2. The molecule has 1 fully saturated rings. The Balaban J connectivity index is 1.57. The molecule has 0 bridgehead atoms. The zero-order valence-corrected chi connectivity index (χ0v) is 18.8. The zero-order chi connectivity index (χ0) is 23.7. The van der Waals surface area contributed by atoms with Gasteiger partial charge in [0, 0.05) is 24.3 Å². The number of halogens is 1. The number of fused-ring (bicyclic) bond motifs is 1. The monoisotopic (exact) mass is 462 g/mol. The summed E-state index contributed by atoms with van der Waals surface area (Å²) in [6.45, 7) is 2.62. The van der Waals surface area contributed by atoms with Crippen LogP contribution in [0.15, 0.2) is 42.9 Å². The van der Waals surface area contributed by atoms with Crippen LogP contribution in [0.25, 0.3) is 22.4 Å². The van der Waals surface area contributed by atoms with Crippen molar-refractivity contribution in [2.75, 3.05) is 19.0 Å².